The molecule has 1 heterocycles. The molecule has 1 fully saturated rings. The molecule has 0 aliphatic carbocycles. The van der Waals surface area contributed by atoms with E-state index in [0.717, 1.165) is 6.54 Å². The molecule has 14 heavy (non-hydrogen) atoms. The van der Waals surface area contributed by atoms with Gasteiger partial charge in [-0.1, -0.05) is 0 Å². The summed E-state index contributed by atoms with van der Waals surface area (Å²) in [5.74, 6) is 0. The van der Waals surface area contributed by atoms with Gasteiger partial charge in [-0.3, -0.25) is 5.43 Å². The van der Waals surface area contributed by atoms with Gasteiger partial charge in [0.1, 0.15) is 5.37 Å². The Bertz CT molecular complexity index is 285. The fourth-order valence-electron chi connectivity index (χ4n) is 1.71. The lowest BCUT2D eigenvalue weighted by Crippen LogP contribution is -2.47. The highest BCUT2D eigenvalue weighted by Gasteiger charge is 2.38. The highest BCUT2D eigenvalue weighted by atomic mass is 32.2. The number of hydrogen-bond acceptors (Lipinski definition) is 4. The Morgan fingerprint density at radius 2 is 1.86 bits per heavy atom. The Morgan fingerprint density at radius 1 is 1.29 bits per heavy atom. The van der Waals surface area contributed by atoms with Crippen LogP contribution in [-0.4, -0.2) is 36.6 Å². The number of rotatable bonds is 3. The van der Waals surface area contributed by atoms with Crippen molar-refractivity contribution in [2.75, 3.05) is 6.54 Å². The summed E-state index contributed by atoms with van der Waals surface area (Å²) in [6.07, 6.45) is 0.693. The Hall–Kier alpha value is -0.130. The summed E-state index contributed by atoms with van der Waals surface area (Å²) in [6.45, 7) is 8.25. The molecule has 0 radical (unpaired) electrons. The molecule has 0 spiro atoms. The Balaban J connectivity index is 2.87. The molecule has 0 aromatic heterocycles. The largest absolute Gasteiger partial charge is 0.254 e. The summed E-state index contributed by atoms with van der Waals surface area (Å²) in [7, 11) is -3.01. The van der Waals surface area contributed by atoms with Crippen LogP contribution in [0.2, 0.25) is 0 Å². The Kier molecular flexibility index (Phi) is 3.55. The second-order valence-electron chi connectivity index (χ2n) is 4.29. The lowest BCUT2D eigenvalue weighted by Gasteiger charge is -2.28. The van der Waals surface area contributed by atoms with Crippen LogP contribution in [-0.2, 0) is 9.84 Å². The highest BCUT2D eigenvalue weighted by Crippen LogP contribution is 2.21. The van der Waals surface area contributed by atoms with Crippen molar-refractivity contribution in [3.05, 3.63) is 0 Å². The van der Waals surface area contributed by atoms with Gasteiger partial charge in [0.2, 0.25) is 0 Å². The summed E-state index contributed by atoms with van der Waals surface area (Å²) >= 11 is 0. The van der Waals surface area contributed by atoms with Crippen LogP contribution in [0, 0.1) is 0 Å². The smallest absolute Gasteiger partial charge is 0.169 e. The molecule has 1 aliphatic rings. The molecule has 1 atom stereocenters. The van der Waals surface area contributed by atoms with E-state index in [1.165, 1.54) is 0 Å². The van der Waals surface area contributed by atoms with Gasteiger partial charge in [-0.2, -0.15) is 0 Å². The van der Waals surface area contributed by atoms with E-state index in [2.05, 4.69) is 5.43 Å². The molecule has 0 amide bonds. The van der Waals surface area contributed by atoms with Crippen molar-refractivity contribution in [3.8, 4) is 0 Å². The topological polar surface area (TPSA) is 49.4 Å². The average molecular weight is 220 g/mol. The quantitative estimate of drug-likeness (QED) is 0.762. The molecule has 0 saturated carbocycles. The first-order valence-electron chi connectivity index (χ1n) is 5.12. The second kappa shape index (κ2) is 4.16. The number of nitrogens with one attached hydrogen (secondary N) is 1. The molecular weight excluding hydrogens is 200 g/mol. The average Bonchev–Trinajstić information content (AvgIpc) is 2.51. The molecule has 1 unspecified atom stereocenters. The van der Waals surface area contributed by atoms with Crippen LogP contribution in [0.5, 0.6) is 0 Å². The van der Waals surface area contributed by atoms with Crippen LogP contribution >= 0.6 is 0 Å². The van der Waals surface area contributed by atoms with E-state index in [4.69, 9.17) is 0 Å². The predicted molar refractivity (Wildman–Crippen MR) is 57.4 cm³/mol. The molecule has 4 nitrogen and oxygen atoms in total. The number of hydrogen-bond donors (Lipinski definition) is 1. The first-order valence-corrected chi connectivity index (χ1v) is 6.73. The van der Waals surface area contributed by atoms with E-state index in [1.54, 1.807) is 13.8 Å². The van der Waals surface area contributed by atoms with Crippen molar-refractivity contribution >= 4 is 9.84 Å². The van der Waals surface area contributed by atoms with Gasteiger partial charge in [-0.15, -0.1) is 0 Å². The van der Waals surface area contributed by atoms with Gasteiger partial charge < -0.3 is 0 Å². The second-order valence-corrected chi connectivity index (χ2v) is 6.96. The Labute approximate surface area is 86.6 Å². The van der Waals surface area contributed by atoms with Gasteiger partial charge in [-0.25, -0.2) is 13.4 Å². The SMILES string of the molecule is CC(C)N1NCCC1S(=O)(=O)C(C)C. The standard InChI is InChI=1S/C9H20N2O2S/c1-7(2)11-9(5-6-10-11)14(12,13)8(3)4/h7-10H,5-6H2,1-4H3. The fourth-order valence-corrected chi connectivity index (χ4v) is 3.42. The van der Waals surface area contributed by atoms with E-state index in [-0.39, 0.29) is 16.7 Å². The van der Waals surface area contributed by atoms with Crippen LogP contribution in [0.4, 0.5) is 0 Å². The van der Waals surface area contributed by atoms with E-state index in [1.807, 2.05) is 18.9 Å². The molecular formula is C9H20N2O2S. The number of sulfone groups is 1. The van der Waals surface area contributed by atoms with Crippen molar-refractivity contribution in [1.82, 2.24) is 10.4 Å². The molecule has 0 aromatic rings. The molecule has 1 aliphatic heterocycles. The van der Waals surface area contributed by atoms with Gasteiger partial charge >= 0.3 is 0 Å². The summed E-state index contributed by atoms with van der Waals surface area (Å²) in [6, 6.07) is 0.219. The van der Waals surface area contributed by atoms with Crippen LogP contribution in [0.25, 0.3) is 0 Å². The van der Waals surface area contributed by atoms with E-state index in [0.29, 0.717) is 6.42 Å². The molecule has 5 heteroatoms. The van der Waals surface area contributed by atoms with Crippen LogP contribution < -0.4 is 5.43 Å². The lowest BCUT2D eigenvalue weighted by molar-refractivity contribution is 0.178. The van der Waals surface area contributed by atoms with Crippen LogP contribution in [0.1, 0.15) is 34.1 Å². The van der Waals surface area contributed by atoms with Gasteiger partial charge in [-0.05, 0) is 34.1 Å². The third-order valence-electron chi connectivity index (χ3n) is 2.59. The van der Waals surface area contributed by atoms with E-state index in [9.17, 15) is 8.42 Å². The van der Waals surface area contributed by atoms with Crippen molar-refractivity contribution < 1.29 is 8.42 Å². The third-order valence-corrected chi connectivity index (χ3v) is 5.12. The zero-order chi connectivity index (χ0) is 10.9. The number of nitrogens with zero attached hydrogens (tertiary/aromatic N) is 1. The zero-order valence-electron chi connectivity index (χ0n) is 9.32. The van der Waals surface area contributed by atoms with Gasteiger partial charge in [0.15, 0.2) is 9.84 Å². The first kappa shape index (κ1) is 11.9. The summed E-state index contributed by atoms with van der Waals surface area (Å²) in [5, 5.41) is 1.21. The van der Waals surface area contributed by atoms with Crippen molar-refractivity contribution in [3.63, 3.8) is 0 Å². The van der Waals surface area contributed by atoms with E-state index < -0.39 is 9.84 Å². The molecule has 84 valence electrons. The highest BCUT2D eigenvalue weighted by molar-refractivity contribution is 7.92. The molecule has 0 aromatic carbocycles. The zero-order valence-corrected chi connectivity index (χ0v) is 10.1. The maximum atomic E-state index is 12.0. The summed E-state index contributed by atoms with van der Waals surface area (Å²) in [4.78, 5) is 0. The minimum absolute atomic E-state index is 0.219. The van der Waals surface area contributed by atoms with Gasteiger partial charge in [0, 0.05) is 12.6 Å². The molecule has 1 saturated heterocycles. The minimum atomic E-state index is -3.01. The summed E-state index contributed by atoms with van der Waals surface area (Å²) in [5.41, 5.74) is 3.12. The summed E-state index contributed by atoms with van der Waals surface area (Å²) < 4.78 is 23.9. The van der Waals surface area contributed by atoms with E-state index >= 15 is 0 Å². The van der Waals surface area contributed by atoms with Crippen molar-refractivity contribution in [2.45, 2.75) is 50.8 Å². The van der Waals surface area contributed by atoms with Gasteiger partial charge in [0.25, 0.3) is 0 Å². The fraction of sp³-hybridized carbons (Fsp3) is 1.00. The molecule has 1 N–H and O–H groups in total. The third kappa shape index (κ3) is 2.10. The minimum Gasteiger partial charge on any atom is -0.254 e. The first-order chi connectivity index (χ1) is 6.37. The van der Waals surface area contributed by atoms with Crippen LogP contribution in [0.3, 0.4) is 0 Å². The maximum Gasteiger partial charge on any atom is 0.169 e. The van der Waals surface area contributed by atoms with Crippen molar-refractivity contribution in [2.24, 2.45) is 0 Å². The lowest BCUT2D eigenvalue weighted by atomic mass is 10.3. The predicted octanol–water partition coefficient (Wildman–Crippen LogP) is 0.754. The van der Waals surface area contributed by atoms with Crippen LogP contribution in [0.15, 0.2) is 0 Å². The molecule has 1 rings (SSSR count). The van der Waals surface area contributed by atoms with Crippen molar-refractivity contribution in [1.29, 1.82) is 0 Å². The monoisotopic (exact) mass is 220 g/mol. The Morgan fingerprint density at radius 3 is 2.29 bits per heavy atom. The maximum absolute atomic E-state index is 12.0. The normalized spacial score (nSPS) is 25.1. The molecule has 0 bridgehead atoms. The van der Waals surface area contributed by atoms with Gasteiger partial charge in [0.05, 0.1) is 5.25 Å². The number of hydrazine groups is 1.